The van der Waals surface area contributed by atoms with Crippen LogP contribution < -0.4 is 16.2 Å². The molecule has 5 nitrogen and oxygen atoms in total. The standard InChI is InChI=1S/C16H29N5/c1-5-12-6-8-13(9-7-12)21(4)16-14(11(2)3)15(20-17)18-10-19-16/h10-13H,5-9,17H2,1-4H3,(H,18,19,20). The van der Waals surface area contributed by atoms with Crippen molar-refractivity contribution in [2.45, 2.75) is 64.8 Å². The molecule has 5 heteroatoms. The fourth-order valence-electron chi connectivity index (χ4n) is 3.43. The van der Waals surface area contributed by atoms with Gasteiger partial charge in [-0.3, -0.25) is 0 Å². The molecule has 0 aliphatic heterocycles. The Balaban J connectivity index is 2.21. The third kappa shape index (κ3) is 3.46. The normalized spacial score (nSPS) is 22.4. The van der Waals surface area contributed by atoms with Gasteiger partial charge in [0, 0.05) is 18.7 Å². The largest absolute Gasteiger partial charge is 0.356 e. The minimum Gasteiger partial charge on any atom is -0.356 e. The molecule has 1 saturated carbocycles. The van der Waals surface area contributed by atoms with Gasteiger partial charge in [0.2, 0.25) is 0 Å². The van der Waals surface area contributed by atoms with Gasteiger partial charge in [0.1, 0.15) is 18.0 Å². The third-order valence-electron chi connectivity index (χ3n) is 4.85. The van der Waals surface area contributed by atoms with E-state index in [1.165, 1.54) is 32.1 Å². The van der Waals surface area contributed by atoms with Crippen molar-refractivity contribution in [2.24, 2.45) is 11.8 Å². The van der Waals surface area contributed by atoms with Crippen LogP contribution >= 0.6 is 0 Å². The molecule has 0 unspecified atom stereocenters. The van der Waals surface area contributed by atoms with Crippen LogP contribution in [0.5, 0.6) is 0 Å². The van der Waals surface area contributed by atoms with E-state index in [-0.39, 0.29) is 0 Å². The Bertz CT molecular complexity index is 452. The molecule has 0 aromatic carbocycles. The lowest BCUT2D eigenvalue weighted by atomic mass is 9.84. The molecule has 0 atom stereocenters. The van der Waals surface area contributed by atoms with Crippen molar-refractivity contribution in [2.75, 3.05) is 17.4 Å². The molecule has 0 spiro atoms. The number of aromatic nitrogens is 2. The first-order valence-electron chi connectivity index (χ1n) is 8.12. The van der Waals surface area contributed by atoms with Crippen LogP contribution in [0.4, 0.5) is 11.6 Å². The van der Waals surface area contributed by atoms with Gasteiger partial charge in [-0.05, 0) is 37.5 Å². The number of hydrogen-bond acceptors (Lipinski definition) is 5. The van der Waals surface area contributed by atoms with E-state index in [1.54, 1.807) is 6.33 Å². The van der Waals surface area contributed by atoms with Crippen molar-refractivity contribution in [3.63, 3.8) is 0 Å². The number of rotatable bonds is 5. The second-order valence-corrected chi connectivity index (χ2v) is 6.45. The van der Waals surface area contributed by atoms with Gasteiger partial charge in [0.15, 0.2) is 0 Å². The maximum Gasteiger partial charge on any atom is 0.148 e. The molecule has 0 radical (unpaired) electrons. The van der Waals surface area contributed by atoms with Crippen molar-refractivity contribution >= 4 is 11.6 Å². The highest BCUT2D eigenvalue weighted by Gasteiger charge is 2.26. The number of hydrogen-bond donors (Lipinski definition) is 2. The van der Waals surface area contributed by atoms with Crippen LogP contribution in [-0.4, -0.2) is 23.1 Å². The van der Waals surface area contributed by atoms with E-state index in [0.717, 1.165) is 23.1 Å². The Kier molecular flexibility index (Phi) is 5.39. The fraction of sp³-hybridized carbons (Fsp3) is 0.750. The molecule has 2 rings (SSSR count). The summed E-state index contributed by atoms with van der Waals surface area (Å²) in [6.45, 7) is 6.62. The van der Waals surface area contributed by atoms with Gasteiger partial charge in [0.25, 0.3) is 0 Å². The molecular weight excluding hydrogens is 262 g/mol. The van der Waals surface area contributed by atoms with Crippen LogP contribution in [0.15, 0.2) is 6.33 Å². The summed E-state index contributed by atoms with van der Waals surface area (Å²) in [5, 5.41) is 0. The maximum atomic E-state index is 5.61. The van der Waals surface area contributed by atoms with Crippen LogP contribution in [0.3, 0.4) is 0 Å². The molecule has 1 aliphatic carbocycles. The number of nitrogen functional groups attached to an aromatic ring is 1. The van der Waals surface area contributed by atoms with E-state index in [9.17, 15) is 0 Å². The van der Waals surface area contributed by atoms with Crippen LogP contribution in [0.2, 0.25) is 0 Å². The first-order chi connectivity index (χ1) is 10.1. The molecule has 1 aromatic rings. The molecule has 1 heterocycles. The number of anilines is 2. The van der Waals surface area contributed by atoms with Gasteiger partial charge in [-0.15, -0.1) is 0 Å². The first kappa shape index (κ1) is 16.0. The van der Waals surface area contributed by atoms with Gasteiger partial charge in [-0.2, -0.15) is 0 Å². The van der Waals surface area contributed by atoms with E-state index in [1.807, 2.05) is 0 Å². The quantitative estimate of drug-likeness (QED) is 0.643. The fourth-order valence-corrected chi connectivity index (χ4v) is 3.43. The summed E-state index contributed by atoms with van der Waals surface area (Å²) >= 11 is 0. The Morgan fingerprint density at radius 1 is 1.29 bits per heavy atom. The summed E-state index contributed by atoms with van der Waals surface area (Å²) in [6.07, 6.45) is 8.07. The van der Waals surface area contributed by atoms with Crippen molar-refractivity contribution in [1.82, 2.24) is 9.97 Å². The number of nitrogens with one attached hydrogen (secondary N) is 1. The Morgan fingerprint density at radius 2 is 1.95 bits per heavy atom. The molecule has 3 N–H and O–H groups in total. The number of nitrogens with two attached hydrogens (primary N) is 1. The zero-order valence-electron chi connectivity index (χ0n) is 13.8. The summed E-state index contributed by atoms with van der Waals surface area (Å²) in [5.41, 5.74) is 3.82. The summed E-state index contributed by atoms with van der Waals surface area (Å²) < 4.78 is 0. The molecular formula is C16H29N5. The zero-order valence-corrected chi connectivity index (χ0v) is 13.8. The highest BCUT2D eigenvalue weighted by atomic mass is 15.3. The van der Waals surface area contributed by atoms with E-state index >= 15 is 0 Å². The first-order valence-corrected chi connectivity index (χ1v) is 8.12. The number of nitrogens with zero attached hydrogens (tertiary/aromatic N) is 3. The highest BCUT2D eigenvalue weighted by molar-refractivity contribution is 5.60. The average Bonchev–Trinajstić information content (AvgIpc) is 2.53. The minimum atomic E-state index is 0.335. The van der Waals surface area contributed by atoms with Crippen LogP contribution in [-0.2, 0) is 0 Å². The molecule has 118 valence electrons. The van der Waals surface area contributed by atoms with E-state index in [2.05, 4.69) is 48.1 Å². The predicted molar refractivity (Wildman–Crippen MR) is 88.4 cm³/mol. The van der Waals surface area contributed by atoms with E-state index in [4.69, 9.17) is 5.84 Å². The molecule has 21 heavy (non-hydrogen) atoms. The summed E-state index contributed by atoms with van der Waals surface area (Å²) in [6, 6.07) is 0.575. The SMILES string of the molecule is CCC1CCC(N(C)c2ncnc(NN)c2C(C)C)CC1. The molecule has 0 amide bonds. The second-order valence-electron chi connectivity index (χ2n) is 6.45. The molecule has 1 fully saturated rings. The topological polar surface area (TPSA) is 67.1 Å². The zero-order chi connectivity index (χ0) is 15.4. The summed E-state index contributed by atoms with van der Waals surface area (Å²) in [7, 11) is 2.16. The van der Waals surface area contributed by atoms with Gasteiger partial charge >= 0.3 is 0 Å². The predicted octanol–water partition coefficient (Wildman–Crippen LogP) is 3.29. The van der Waals surface area contributed by atoms with Crippen molar-refractivity contribution in [1.29, 1.82) is 0 Å². The Hall–Kier alpha value is -1.36. The molecule has 1 aliphatic rings. The smallest absolute Gasteiger partial charge is 0.148 e. The average molecular weight is 291 g/mol. The van der Waals surface area contributed by atoms with Crippen molar-refractivity contribution in [3.05, 3.63) is 11.9 Å². The molecule has 0 saturated heterocycles. The minimum absolute atomic E-state index is 0.335. The lowest BCUT2D eigenvalue weighted by molar-refractivity contribution is 0.312. The Labute approximate surface area is 128 Å². The van der Waals surface area contributed by atoms with Gasteiger partial charge in [-0.1, -0.05) is 27.2 Å². The second kappa shape index (κ2) is 7.07. The number of hydrazine groups is 1. The van der Waals surface area contributed by atoms with Crippen LogP contribution in [0.1, 0.15) is 64.4 Å². The van der Waals surface area contributed by atoms with Crippen LogP contribution in [0.25, 0.3) is 0 Å². The summed E-state index contributed by atoms with van der Waals surface area (Å²) in [4.78, 5) is 11.1. The lowest BCUT2D eigenvalue weighted by Gasteiger charge is -2.36. The van der Waals surface area contributed by atoms with Crippen LogP contribution in [0, 0.1) is 5.92 Å². The van der Waals surface area contributed by atoms with Gasteiger partial charge in [-0.25, -0.2) is 15.8 Å². The third-order valence-corrected chi connectivity index (χ3v) is 4.85. The summed E-state index contributed by atoms with van der Waals surface area (Å²) in [5.74, 6) is 8.62. The van der Waals surface area contributed by atoms with E-state index in [0.29, 0.717) is 12.0 Å². The highest BCUT2D eigenvalue weighted by Crippen LogP contribution is 2.35. The van der Waals surface area contributed by atoms with Crippen molar-refractivity contribution < 1.29 is 0 Å². The van der Waals surface area contributed by atoms with E-state index < -0.39 is 0 Å². The van der Waals surface area contributed by atoms with Gasteiger partial charge in [0.05, 0.1) is 0 Å². The monoisotopic (exact) mass is 291 g/mol. The lowest BCUT2D eigenvalue weighted by Crippen LogP contribution is -2.36. The molecule has 1 aromatic heterocycles. The molecule has 0 bridgehead atoms. The van der Waals surface area contributed by atoms with Gasteiger partial charge < -0.3 is 10.3 Å². The van der Waals surface area contributed by atoms with Crippen molar-refractivity contribution in [3.8, 4) is 0 Å². The maximum absolute atomic E-state index is 5.61. The Morgan fingerprint density at radius 3 is 2.48 bits per heavy atom.